The number of hydroxylamine groups is 2. The quantitative estimate of drug-likeness (QED) is 0.827. The summed E-state index contributed by atoms with van der Waals surface area (Å²) in [6.07, 6.45) is 4.31. The molecule has 0 aliphatic carbocycles. The second-order valence-corrected chi connectivity index (χ2v) is 4.69. The van der Waals surface area contributed by atoms with Crippen molar-refractivity contribution < 1.29 is 14.2 Å². The van der Waals surface area contributed by atoms with Gasteiger partial charge in [-0.3, -0.25) is 9.63 Å². The standard InChI is InChI=1S/C13H20N2O3/c1-10-12(11(2)18-14-10)6-7-13(16)15-8-4-3-5-9-17-15/h3-9H2,1-2H3. The lowest BCUT2D eigenvalue weighted by Gasteiger charge is -2.19. The van der Waals surface area contributed by atoms with Gasteiger partial charge in [0.25, 0.3) is 0 Å². The zero-order valence-electron chi connectivity index (χ0n) is 11.1. The van der Waals surface area contributed by atoms with Crippen LogP contribution in [0.15, 0.2) is 4.52 Å². The molecule has 0 bridgehead atoms. The predicted molar refractivity (Wildman–Crippen MR) is 65.8 cm³/mol. The van der Waals surface area contributed by atoms with E-state index < -0.39 is 0 Å². The van der Waals surface area contributed by atoms with Gasteiger partial charge in [-0.25, -0.2) is 5.06 Å². The summed E-state index contributed by atoms with van der Waals surface area (Å²) in [5.74, 6) is 0.856. The fourth-order valence-corrected chi connectivity index (χ4v) is 2.19. The van der Waals surface area contributed by atoms with Crippen molar-refractivity contribution in [2.75, 3.05) is 13.2 Å². The van der Waals surface area contributed by atoms with Gasteiger partial charge in [0, 0.05) is 18.5 Å². The maximum atomic E-state index is 12.0. The van der Waals surface area contributed by atoms with E-state index in [-0.39, 0.29) is 5.91 Å². The van der Waals surface area contributed by atoms with Crippen molar-refractivity contribution in [1.29, 1.82) is 0 Å². The lowest BCUT2D eigenvalue weighted by atomic mass is 10.1. The molecule has 0 spiro atoms. The molecule has 5 heteroatoms. The SMILES string of the molecule is Cc1noc(C)c1CCC(=O)N1CCCCCO1. The van der Waals surface area contributed by atoms with E-state index in [2.05, 4.69) is 5.16 Å². The van der Waals surface area contributed by atoms with E-state index in [9.17, 15) is 4.79 Å². The van der Waals surface area contributed by atoms with Crippen LogP contribution in [-0.2, 0) is 16.1 Å². The van der Waals surface area contributed by atoms with Crippen molar-refractivity contribution in [3.63, 3.8) is 0 Å². The molecule has 0 atom stereocenters. The minimum absolute atomic E-state index is 0.0527. The molecule has 2 rings (SSSR count). The van der Waals surface area contributed by atoms with E-state index in [1.807, 2.05) is 13.8 Å². The molecular weight excluding hydrogens is 232 g/mol. The minimum atomic E-state index is 0.0527. The summed E-state index contributed by atoms with van der Waals surface area (Å²) in [5, 5.41) is 5.41. The Morgan fingerprint density at radius 3 is 2.89 bits per heavy atom. The van der Waals surface area contributed by atoms with Gasteiger partial charge in [-0.1, -0.05) is 5.16 Å². The Balaban J connectivity index is 1.87. The molecule has 2 heterocycles. The molecule has 18 heavy (non-hydrogen) atoms. The second-order valence-electron chi connectivity index (χ2n) is 4.69. The number of hydrogen-bond donors (Lipinski definition) is 0. The summed E-state index contributed by atoms with van der Waals surface area (Å²) in [7, 11) is 0. The molecule has 1 aromatic heterocycles. The molecule has 0 radical (unpaired) electrons. The summed E-state index contributed by atoms with van der Waals surface area (Å²) in [6, 6.07) is 0. The fraction of sp³-hybridized carbons (Fsp3) is 0.692. The molecule has 1 aromatic rings. The second kappa shape index (κ2) is 6.00. The van der Waals surface area contributed by atoms with Gasteiger partial charge in [-0.05, 0) is 39.5 Å². The number of hydrogen-bond acceptors (Lipinski definition) is 4. The van der Waals surface area contributed by atoms with Crippen molar-refractivity contribution in [3.8, 4) is 0 Å². The lowest BCUT2D eigenvalue weighted by Crippen LogP contribution is -2.31. The van der Waals surface area contributed by atoms with Crippen molar-refractivity contribution in [3.05, 3.63) is 17.0 Å². The molecule has 1 amide bonds. The summed E-state index contributed by atoms with van der Waals surface area (Å²) in [5.41, 5.74) is 1.91. The fourth-order valence-electron chi connectivity index (χ4n) is 2.19. The maximum Gasteiger partial charge on any atom is 0.246 e. The van der Waals surface area contributed by atoms with Crippen LogP contribution in [0.25, 0.3) is 0 Å². The Bertz CT molecular complexity index is 387. The zero-order chi connectivity index (χ0) is 13.0. The molecule has 1 fully saturated rings. The Morgan fingerprint density at radius 2 is 2.17 bits per heavy atom. The first-order valence-electron chi connectivity index (χ1n) is 6.53. The molecular formula is C13H20N2O3. The maximum absolute atomic E-state index is 12.0. The number of aryl methyl sites for hydroxylation is 2. The van der Waals surface area contributed by atoms with Crippen LogP contribution in [0.2, 0.25) is 0 Å². The summed E-state index contributed by atoms with van der Waals surface area (Å²) >= 11 is 0. The predicted octanol–water partition coefficient (Wildman–Crippen LogP) is 2.17. The number of nitrogens with zero attached hydrogens (tertiary/aromatic N) is 2. The van der Waals surface area contributed by atoms with E-state index in [0.29, 0.717) is 26.0 Å². The molecule has 5 nitrogen and oxygen atoms in total. The van der Waals surface area contributed by atoms with Gasteiger partial charge in [0.05, 0.1) is 12.3 Å². The smallest absolute Gasteiger partial charge is 0.246 e. The van der Waals surface area contributed by atoms with Gasteiger partial charge in [0.2, 0.25) is 5.91 Å². The average Bonchev–Trinajstić information content (AvgIpc) is 2.61. The third-order valence-electron chi connectivity index (χ3n) is 3.30. The van der Waals surface area contributed by atoms with Gasteiger partial charge < -0.3 is 4.52 Å². The summed E-state index contributed by atoms with van der Waals surface area (Å²) < 4.78 is 5.09. The van der Waals surface area contributed by atoms with Crippen LogP contribution in [0.4, 0.5) is 0 Å². The molecule has 100 valence electrons. The number of carbonyl (C=O) groups is 1. The van der Waals surface area contributed by atoms with Crippen LogP contribution >= 0.6 is 0 Å². The number of aromatic nitrogens is 1. The highest BCUT2D eigenvalue weighted by atomic mass is 16.7. The average molecular weight is 252 g/mol. The van der Waals surface area contributed by atoms with E-state index in [4.69, 9.17) is 9.36 Å². The Labute approximate surface area is 107 Å². The largest absolute Gasteiger partial charge is 0.361 e. The van der Waals surface area contributed by atoms with Crippen LogP contribution in [0.3, 0.4) is 0 Å². The Morgan fingerprint density at radius 1 is 1.33 bits per heavy atom. The Hall–Kier alpha value is -1.36. The van der Waals surface area contributed by atoms with Crippen LogP contribution < -0.4 is 0 Å². The van der Waals surface area contributed by atoms with Crippen LogP contribution in [-0.4, -0.2) is 29.3 Å². The highest BCUT2D eigenvalue weighted by Crippen LogP contribution is 2.16. The molecule has 1 aliphatic rings. The van der Waals surface area contributed by atoms with E-state index in [1.165, 1.54) is 5.06 Å². The molecule has 0 N–H and O–H groups in total. The number of rotatable bonds is 3. The van der Waals surface area contributed by atoms with Crippen LogP contribution in [0.5, 0.6) is 0 Å². The van der Waals surface area contributed by atoms with E-state index in [0.717, 1.165) is 36.3 Å². The third-order valence-corrected chi connectivity index (χ3v) is 3.30. The highest BCUT2D eigenvalue weighted by Gasteiger charge is 2.18. The van der Waals surface area contributed by atoms with Crippen LogP contribution in [0.1, 0.15) is 42.7 Å². The molecule has 0 unspecified atom stereocenters. The van der Waals surface area contributed by atoms with Gasteiger partial charge in [0.1, 0.15) is 5.76 Å². The summed E-state index contributed by atoms with van der Waals surface area (Å²) in [6.45, 7) is 5.14. The zero-order valence-corrected chi connectivity index (χ0v) is 11.1. The first kappa shape index (κ1) is 13.1. The molecule has 0 saturated carbocycles. The van der Waals surface area contributed by atoms with Crippen molar-refractivity contribution in [2.24, 2.45) is 0 Å². The number of amides is 1. The van der Waals surface area contributed by atoms with Gasteiger partial charge >= 0.3 is 0 Å². The first-order chi connectivity index (χ1) is 8.68. The van der Waals surface area contributed by atoms with E-state index >= 15 is 0 Å². The monoisotopic (exact) mass is 252 g/mol. The molecule has 1 aliphatic heterocycles. The molecule has 0 aromatic carbocycles. The topological polar surface area (TPSA) is 55.6 Å². The van der Waals surface area contributed by atoms with Crippen LogP contribution in [0, 0.1) is 13.8 Å². The van der Waals surface area contributed by atoms with Gasteiger partial charge in [0.15, 0.2) is 0 Å². The lowest BCUT2D eigenvalue weighted by molar-refractivity contribution is -0.183. The van der Waals surface area contributed by atoms with Crippen molar-refractivity contribution in [2.45, 2.75) is 46.0 Å². The van der Waals surface area contributed by atoms with Gasteiger partial charge in [-0.15, -0.1) is 0 Å². The third kappa shape index (κ3) is 3.10. The Kier molecular flexibility index (Phi) is 4.36. The normalized spacial score (nSPS) is 16.7. The summed E-state index contributed by atoms with van der Waals surface area (Å²) in [4.78, 5) is 17.5. The highest BCUT2D eigenvalue weighted by molar-refractivity contribution is 5.75. The molecule has 1 saturated heterocycles. The van der Waals surface area contributed by atoms with Crippen molar-refractivity contribution >= 4 is 5.91 Å². The first-order valence-corrected chi connectivity index (χ1v) is 6.53. The van der Waals surface area contributed by atoms with Crippen molar-refractivity contribution in [1.82, 2.24) is 10.2 Å². The van der Waals surface area contributed by atoms with Gasteiger partial charge in [-0.2, -0.15) is 0 Å². The number of carbonyl (C=O) groups excluding carboxylic acids is 1. The van der Waals surface area contributed by atoms with E-state index in [1.54, 1.807) is 0 Å². The minimum Gasteiger partial charge on any atom is -0.361 e.